The Bertz CT molecular complexity index is 960. The number of rotatable bonds is 3. The molecule has 1 aromatic heterocycles. The number of aryl methyl sites for hydroxylation is 1. The van der Waals surface area contributed by atoms with Crippen LogP contribution in [-0.4, -0.2) is 51.5 Å². The molecule has 0 bridgehead atoms. The molecule has 1 fully saturated rings. The number of fused-ring (bicyclic) bond motifs is 1. The van der Waals surface area contributed by atoms with Crippen LogP contribution in [0.25, 0.3) is 10.8 Å². The molecular weight excluding hydrogens is 362 g/mol. The van der Waals surface area contributed by atoms with Crippen molar-refractivity contribution in [2.75, 3.05) is 13.1 Å². The van der Waals surface area contributed by atoms with Crippen LogP contribution in [0, 0.1) is 0 Å². The van der Waals surface area contributed by atoms with Crippen molar-refractivity contribution in [3.8, 4) is 0 Å². The van der Waals surface area contributed by atoms with Gasteiger partial charge in [0, 0.05) is 25.4 Å². The summed E-state index contributed by atoms with van der Waals surface area (Å²) in [5.41, 5.74) is -0.289. The van der Waals surface area contributed by atoms with Gasteiger partial charge in [-0.1, -0.05) is 18.2 Å². The molecule has 0 aliphatic carbocycles. The highest BCUT2D eigenvalue weighted by molar-refractivity contribution is 5.87. The van der Waals surface area contributed by atoms with Crippen molar-refractivity contribution in [2.24, 2.45) is 7.05 Å². The van der Waals surface area contributed by atoms with Gasteiger partial charge in [0.25, 0.3) is 5.56 Å². The molecule has 1 atom stereocenters. The predicted molar refractivity (Wildman–Crippen MR) is 103 cm³/mol. The first-order valence-corrected chi connectivity index (χ1v) is 9.26. The number of ether oxygens (including phenoxy) is 2. The average Bonchev–Trinajstić information content (AvgIpc) is 3.06. The van der Waals surface area contributed by atoms with Gasteiger partial charge in [-0.2, -0.15) is 5.10 Å². The molecule has 1 aromatic carbocycles. The largest absolute Gasteiger partial charge is 0.460 e. The number of esters is 1. The second-order valence-corrected chi connectivity index (χ2v) is 7.92. The summed E-state index contributed by atoms with van der Waals surface area (Å²) >= 11 is 0. The van der Waals surface area contributed by atoms with Gasteiger partial charge in [-0.3, -0.25) is 9.59 Å². The standard InChI is InChI=1S/C20H25N3O5/c1-20(2,3)28-19(26)23-10-9-13(12-23)27-17(24)11-16-14-7-5-6-8-15(14)18(25)22(4)21-16/h5-8,13H,9-12H2,1-4H3. The smallest absolute Gasteiger partial charge is 0.410 e. The lowest BCUT2D eigenvalue weighted by Crippen LogP contribution is -2.36. The molecule has 3 rings (SSSR count). The normalized spacial score (nSPS) is 17.0. The third kappa shape index (κ3) is 4.49. The number of nitrogens with zero attached hydrogens (tertiary/aromatic N) is 3. The fraction of sp³-hybridized carbons (Fsp3) is 0.500. The number of benzene rings is 1. The van der Waals surface area contributed by atoms with Gasteiger partial charge in [-0.05, 0) is 26.8 Å². The monoisotopic (exact) mass is 387 g/mol. The molecule has 150 valence electrons. The Balaban J connectivity index is 1.64. The van der Waals surface area contributed by atoms with E-state index in [2.05, 4.69) is 5.10 Å². The predicted octanol–water partition coefficient (Wildman–Crippen LogP) is 2.03. The van der Waals surface area contributed by atoms with Crippen LogP contribution in [0.2, 0.25) is 0 Å². The van der Waals surface area contributed by atoms with Crippen molar-refractivity contribution in [3.05, 3.63) is 40.3 Å². The van der Waals surface area contributed by atoms with E-state index in [0.29, 0.717) is 36.0 Å². The van der Waals surface area contributed by atoms with E-state index in [1.165, 1.54) is 4.68 Å². The van der Waals surface area contributed by atoms with Crippen LogP contribution in [0.15, 0.2) is 29.1 Å². The Morgan fingerprint density at radius 1 is 1.21 bits per heavy atom. The van der Waals surface area contributed by atoms with E-state index in [0.717, 1.165) is 0 Å². The molecule has 8 nitrogen and oxygen atoms in total. The average molecular weight is 387 g/mol. The number of aromatic nitrogens is 2. The van der Waals surface area contributed by atoms with Gasteiger partial charge < -0.3 is 14.4 Å². The summed E-state index contributed by atoms with van der Waals surface area (Å²) in [7, 11) is 1.55. The second-order valence-electron chi connectivity index (χ2n) is 7.92. The van der Waals surface area contributed by atoms with Gasteiger partial charge in [0.05, 0.1) is 24.0 Å². The zero-order valence-electron chi connectivity index (χ0n) is 16.6. The maximum Gasteiger partial charge on any atom is 0.410 e. The van der Waals surface area contributed by atoms with Crippen LogP contribution in [-0.2, 0) is 27.7 Å². The van der Waals surface area contributed by atoms with Crippen molar-refractivity contribution in [1.29, 1.82) is 0 Å². The second kappa shape index (κ2) is 7.61. The van der Waals surface area contributed by atoms with Gasteiger partial charge in [-0.15, -0.1) is 0 Å². The molecular formula is C20H25N3O5. The van der Waals surface area contributed by atoms with Gasteiger partial charge in [-0.25, -0.2) is 9.48 Å². The molecule has 0 spiro atoms. The van der Waals surface area contributed by atoms with Crippen LogP contribution < -0.4 is 5.56 Å². The minimum absolute atomic E-state index is 0.0441. The number of hydrogen-bond donors (Lipinski definition) is 0. The van der Waals surface area contributed by atoms with Crippen LogP contribution >= 0.6 is 0 Å². The summed E-state index contributed by atoms with van der Waals surface area (Å²) in [6.07, 6.45) is -0.264. The van der Waals surface area contributed by atoms with E-state index < -0.39 is 17.7 Å². The molecule has 0 N–H and O–H groups in total. The third-order valence-electron chi connectivity index (χ3n) is 4.44. The molecule has 1 unspecified atom stereocenters. The summed E-state index contributed by atoms with van der Waals surface area (Å²) in [5, 5.41) is 5.37. The van der Waals surface area contributed by atoms with Crippen molar-refractivity contribution in [2.45, 2.75) is 45.3 Å². The highest BCUT2D eigenvalue weighted by Crippen LogP contribution is 2.19. The summed E-state index contributed by atoms with van der Waals surface area (Å²) in [6, 6.07) is 7.06. The Hall–Kier alpha value is -2.90. The van der Waals surface area contributed by atoms with Crippen LogP contribution in [0.5, 0.6) is 0 Å². The lowest BCUT2D eigenvalue weighted by atomic mass is 10.1. The van der Waals surface area contributed by atoms with Gasteiger partial charge in [0.1, 0.15) is 11.7 Å². The Morgan fingerprint density at radius 3 is 2.57 bits per heavy atom. The minimum atomic E-state index is -0.568. The van der Waals surface area contributed by atoms with Crippen molar-refractivity contribution >= 4 is 22.8 Å². The summed E-state index contributed by atoms with van der Waals surface area (Å²) in [6.45, 7) is 6.21. The Kier molecular flexibility index (Phi) is 5.40. The molecule has 1 aliphatic rings. The summed E-state index contributed by atoms with van der Waals surface area (Å²) < 4.78 is 12.1. The van der Waals surface area contributed by atoms with Gasteiger partial charge in [0.2, 0.25) is 0 Å². The fourth-order valence-electron chi connectivity index (χ4n) is 3.19. The quantitative estimate of drug-likeness (QED) is 0.749. The van der Waals surface area contributed by atoms with Crippen molar-refractivity contribution in [1.82, 2.24) is 14.7 Å². The first-order valence-electron chi connectivity index (χ1n) is 9.26. The number of likely N-dealkylation sites (tertiary alicyclic amines) is 1. The van der Waals surface area contributed by atoms with E-state index in [1.54, 1.807) is 36.2 Å². The van der Waals surface area contributed by atoms with Crippen LogP contribution in [0.1, 0.15) is 32.9 Å². The van der Waals surface area contributed by atoms with Crippen molar-refractivity contribution in [3.63, 3.8) is 0 Å². The highest BCUT2D eigenvalue weighted by Gasteiger charge is 2.32. The van der Waals surface area contributed by atoms with Crippen molar-refractivity contribution < 1.29 is 19.1 Å². The van der Waals surface area contributed by atoms with Gasteiger partial charge >= 0.3 is 12.1 Å². The molecule has 1 saturated heterocycles. The molecule has 0 radical (unpaired) electrons. The molecule has 0 saturated carbocycles. The molecule has 8 heteroatoms. The topological polar surface area (TPSA) is 90.7 Å². The molecule has 2 aromatic rings. The summed E-state index contributed by atoms with van der Waals surface area (Å²) in [4.78, 5) is 38.3. The minimum Gasteiger partial charge on any atom is -0.460 e. The first kappa shape index (κ1) is 19.9. The summed E-state index contributed by atoms with van der Waals surface area (Å²) in [5.74, 6) is -0.438. The SMILES string of the molecule is Cn1nc(CC(=O)OC2CCN(C(=O)OC(C)(C)C)C2)c2ccccc2c1=O. The number of carbonyl (C=O) groups is 2. The molecule has 28 heavy (non-hydrogen) atoms. The zero-order valence-corrected chi connectivity index (χ0v) is 16.6. The van der Waals surface area contributed by atoms with E-state index in [9.17, 15) is 14.4 Å². The van der Waals surface area contributed by atoms with Crippen LogP contribution in [0.4, 0.5) is 4.79 Å². The van der Waals surface area contributed by atoms with Crippen LogP contribution in [0.3, 0.4) is 0 Å². The number of amides is 1. The number of hydrogen-bond acceptors (Lipinski definition) is 6. The van der Waals surface area contributed by atoms with Gasteiger partial charge in [0.15, 0.2) is 0 Å². The highest BCUT2D eigenvalue weighted by atomic mass is 16.6. The lowest BCUT2D eigenvalue weighted by molar-refractivity contribution is -0.147. The Morgan fingerprint density at radius 2 is 1.89 bits per heavy atom. The Labute approximate surface area is 163 Å². The third-order valence-corrected chi connectivity index (χ3v) is 4.44. The first-order chi connectivity index (χ1) is 13.1. The maximum atomic E-state index is 12.4. The fourth-order valence-corrected chi connectivity index (χ4v) is 3.19. The number of carbonyl (C=O) groups excluding carboxylic acids is 2. The lowest BCUT2D eigenvalue weighted by Gasteiger charge is -2.24. The molecule has 2 heterocycles. The zero-order chi connectivity index (χ0) is 20.5. The molecule has 1 amide bonds. The molecule has 1 aliphatic heterocycles. The van der Waals surface area contributed by atoms with E-state index >= 15 is 0 Å². The van der Waals surface area contributed by atoms with E-state index in [4.69, 9.17) is 9.47 Å². The van der Waals surface area contributed by atoms with E-state index in [1.807, 2.05) is 20.8 Å². The maximum absolute atomic E-state index is 12.4. The van der Waals surface area contributed by atoms with E-state index in [-0.39, 0.29) is 18.1 Å².